The van der Waals surface area contributed by atoms with Crippen molar-refractivity contribution in [2.45, 2.75) is 25.9 Å². The third kappa shape index (κ3) is 2.79. The second-order valence-electron chi connectivity index (χ2n) is 4.05. The fourth-order valence-corrected chi connectivity index (χ4v) is 2.34. The Balaban J connectivity index is 2.28. The molecule has 0 aliphatic heterocycles. The molecule has 0 amide bonds. The highest BCUT2D eigenvalue weighted by Gasteiger charge is 2.15. The van der Waals surface area contributed by atoms with E-state index in [9.17, 15) is 5.11 Å². The SMILES string of the molecule is CCCc1cccc(C(O)c2ccoc2Br)c1. The number of aliphatic hydroxyl groups excluding tert-OH is 1. The second kappa shape index (κ2) is 5.52. The lowest BCUT2D eigenvalue weighted by Gasteiger charge is -2.11. The van der Waals surface area contributed by atoms with Crippen LogP contribution in [-0.4, -0.2) is 5.11 Å². The van der Waals surface area contributed by atoms with Crippen molar-refractivity contribution >= 4 is 15.9 Å². The molecule has 0 saturated heterocycles. The zero-order valence-corrected chi connectivity index (χ0v) is 11.3. The Kier molecular flexibility index (Phi) is 4.02. The molecule has 1 atom stereocenters. The first-order chi connectivity index (χ1) is 8.22. The van der Waals surface area contributed by atoms with Crippen LogP contribution in [0.2, 0.25) is 0 Å². The Labute approximate surface area is 109 Å². The summed E-state index contributed by atoms with van der Waals surface area (Å²) in [6.07, 6.45) is 3.07. The molecule has 2 rings (SSSR count). The van der Waals surface area contributed by atoms with Crippen LogP contribution in [0.25, 0.3) is 0 Å². The minimum Gasteiger partial charge on any atom is -0.457 e. The van der Waals surface area contributed by atoms with Crippen LogP contribution in [0.1, 0.15) is 36.1 Å². The van der Waals surface area contributed by atoms with E-state index in [1.807, 2.05) is 18.2 Å². The summed E-state index contributed by atoms with van der Waals surface area (Å²) in [7, 11) is 0. The maximum atomic E-state index is 10.3. The van der Waals surface area contributed by atoms with Crippen molar-refractivity contribution in [3.8, 4) is 0 Å². The molecule has 2 nitrogen and oxygen atoms in total. The van der Waals surface area contributed by atoms with Crippen LogP contribution in [-0.2, 0) is 6.42 Å². The van der Waals surface area contributed by atoms with Crippen LogP contribution < -0.4 is 0 Å². The normalized spacial score (nSPS) is 12.6. The molecule has 0 radical (unpaired) electrons. The van der Waals surface area contributed by atoms with E-state index in [0.717, 1.165) is 24.0 Å². The van der Waals surface area contributed by atoms with Crippen LogP contribution in [0.15, 0.2) is 45.7 Å². The molecule has 0 fully saturated rings. The first kappa shape index (κ1) is 12.4. The van der Waals surface area contributed by atoms with Gasteiger partial charge in [0.25, 0.3) is 0 Å². The van der Waals surface area contributed by atoms with Gasteiger partial charge in [-0.05, 0) is 39.5 Å². The molecule has 0 aliphatic rings. The van der Waals surface area contributed by atoms with Gasteiger partial charge in [0, 0.05) is 5.56 Å². The molecule has 1 N–H and O–H groups in total. The molecule has 0 aliphatic carbocycles. The zero-order chi connectivity index (χ0) is 12.3. The third-order valence-electron chi connectivity index (χ3n) is 2.75. The van der Waals surface area contributed by atoms with E-state index in [1.165, 1.54) is 5.56 Å². The zero-order valence-electron chi connectivity index (χ0n) is 9.69. The first-order valence-electron chi connectivity index (χ1n) is 5.72. The Morgan fingerprint density at radius 3 is 2.82 bits per heavy atom. The minimum absolute atomic E-state index is 0.589. The predicted octanol–water partition coefficient (Wildman–Crippen LogP) is 4.08. The summed E-state index contributed by atoms with van der Waals surface area (Å²) in [5.41, 5.74) is 2.92. The van der Waals surface area contributed by atoms with E-state index in [4.69, 9.17) is 4.42 Å². The molecule has 90 valence electrons. The largest absolute Gasteiger partial charge is 0.457 e. The molecule has 3 heteroatoms. The summed E-state index contributed by atoms with van der Waals surface area (Å²) >= 11 is 3.29. The lowest BCUT2D eigenvalue weighted by Crippen LogP contribution is -1.99. The van der Waals surface area contributed by atoms with Gasteiger partial charge in [-0.2, -0.15) is 0 Å². The highest BCUT2D eigenvalue weighted by atomic mass is 79.9. The lowest BCUT2D eigenvalue weighted by molar-refractivity contribution is 0.218. The van der Waals surface area contributed by atoms with Crippen molar-refractivity contribution in [1.82, 2.24) is 0 Å². The maximum absolute atomic E-state index is 10.3. The fourth-order valence-electron chi connectivity index (χ4n) is 1.89. The molecule has 1 heterocycles. The molecule has 0 spiro atoms. The van der Waals surface area contributed by atoms with Gasteiger partial charge in [0.2, 0.25) is 0 Å². The number of hydrogen-bond donors (Lipinski definition) is 1. The van der Waals surface area contributed by atoms with Gasteiger partial charge in [-0.1, -0.05) is 37.6 Å². The molecular formula is C14H15BrO2. The van der Waals surface area contributed by atoms with Crippen molar-refractivity contribution in [2.75, 3.05) is 0 Å². The molecule has 0 bridgehead atoms. The van der Waals surface area contributed by atoms with E-state index in [0.29, 0.717) is 4.67 Å². The van der Waals surface area contributed by atoms with E-state index < -0.39 is 6.10 Å². The molecule has 0 saturated carbocycles. The van der Waals surface area contributed by atoms with Crippen LogP contribution in [0.5, 0.6) is 0 Å². The first-order valence-corrected chi connectivity index (χ1v) is 6.51. The summed E-state index contributed by atoms with van der Waals surface area (Å²) in [6, 6.07) is 9.83. The van der Waals surface area contributed by atoms with Crippen LogP contribution >= 0.6 is 15.9 Å². The van der Waals surface area contributed by atoms with Gasteiger partial charge >= 0.3 is 0 Å². The quantitative estimate of drug-likeness (QED) is 0.922. The third-order valence-corrected chi connectivity index (χ3v) is 3.39. The van der Waals surface area contributed by atoms with Gasteiger partial charge in [-0.25, -0.2) is 0 Å². The number of halogens is 1. The van der Waals surface area contributed by atoms with Crippen molar-refractivity contribution in [3.05, 3.63) is 58.0 Å². The van der Waals surface area contributed by atoms with Crippen LogP contribution in [0.4, 0.5) is 0 Å². The van der Waals surface area contributed by atoms with Crippen molar-refractivity contribution in [2.24, 2.45) is 0 Å². The predicted molar refractivity (Wildman–Crippen MR) is 70.9 cm³/mol. The molecule has 2 aromatic rings. The van der Waals surface area contributed by atoms with Crippen LogP contribution in [0.3, 0.4) is 0 Å². The van der Waals surface area contributed by atoms with Gasteiger partial charge in [0.15, 0.2) is 4.67 Å². The number of furan rings is 1. The molecule has 1 unspecified atom stereocenters. The standard InChI is InChI=1S/C14H15BrO2/c1-2-4-10-5-3-6-11(9-10)13(16)12-7-8-17-14(12)15/h3,5-9,13,16H,2,4H2,1H3. The van der Waals surface area contributed by atoms with E-state index >= 15 is 0 Å². The summed E-state index contributed by atoms with van der Waals surface area (Å²) in [5.74, 6) is 0. The molecule has 1 aromatic heterocycles. The van der Waals surface area contributed by atoms with Gasteiger partial charge in [-0.15, -0.1) is 0 Å². The number of aryl methyl sites for hydroxylation is 1. The summed E-state index contributed by atoms with van der Waals surface area (Å²) in [5, 5.41) is 10.3. The smallest absolute Gasteiger partial charge is 0.175 e. The fraction of sp³-hybridized carbons (Fsp3) is 0.286. The Bertz CT molecular complexity index is 490. The lowest BCUT2D eigenvalue weighted by atomic mass is 10.0. The van der Waals surface area contributed by atoms with Gasteiger partial charge in [-0.3, -0.25) is 0 Å². The minimum atomic E-state index is -0.639. The van der Waals surface area contributed by atoms with Crippen LogP contribution in [0, 0.1) is 0 Å². The van der Waals surface area contributed by atoms with E-state index in [1.54, 1.807) is 12.3 Å². The van der Waals surface area contributed by atoms with Crippen molar-refractivity contribution in [3.63, 3.8) is 0 Å². The number of hydrogen-bond acceptors (Lipinski definition) is 2. The number of benzene rings is 1. The Hall–Kier alpha value is -1.06. The second-order valence-corrected chi connectivity index (χ2v) is 4.77. The topological polar surface area (TPSA) is 33.4 Å². The number of rotatable bonds is 4. The Morgan fingerprint density at radius 1 is 1.35 bits per heavy atom. The molecule has 17 heavy (non-hydrogen) atoms. The van der Waals surface area contributed by atoms with Crippen molar-refractivity contribution < 1.29 is 9.52 Å². The monoisotopic (exact) mass is 294 g/mol. The maximum Gasteiger partial charge on any atom is 0.175 e. The Morgan fingerprint density at radius 2 is 2.18 bits per heavy atom. The summed E-state index contributed by atoms with van der Waals surface area (Å²) in [4.78, 5) is 0. The van der Waals surface area contributed by atoms with Gasteiger partial charge < -0.3 is 9.52 Å². The van der Waals surface area contributed by atoms with E-state index in [-0.39, 0.29) is 0 Å². The summed E-state index contributed by atoms with van der Waals surface area (Å²) in [6.45, 7) is 2.15. The molecular weight excluding hydrogens is 280 g/mol. The average molecular weight is 295 g/mol. The molecule has 1 aromatic carbocycles. The average Bonchev–Trinajstić information content (AvgIpc) is 2.75. The van der Waals surface area contributed by atoms with E-state index in [2.05, 4.69) is 28.9 Å². The van der Waals surface area contributed by atoms with Crippen molar-refractivity contribution in [1.29, 1.82) is 0 Å². The summed E-state index contributed by atoms with van der Waals surface area (Å²) < 4.78 is 5.73. The highest BCUT2D eigenvalue weighted by Crippen LogP contribution is 2.29. The van der Waals surface area contributed by atoms with Gasteiger partial charge in [0.1, 0.15) is 6.10 Å². The van der Waals surface area contributed by atoms with Gasteiger partial charge in [0.05, 0.1) is 6.26 Å². The highest BCUT2D eigenvalue weighted by molar-refractivity contribution is 9.10. The number of aliphatic hydroxyl groups is 1.